The number of hydrogen-bond donors (Lipinski definition) is 3. The Bertz CT molecular complexity index is 537. The first-order chi connectivity index (χ1) is 11.0. The van der Waals surface area contributed by atoms with Crippen molar-refractivity contribution in [1.29, 1.82) is 0 Å². The van der Waals surface area contributed by atoms with Crippen molar-refractivity contribution in [3.63, 3.8) is 0 Å². The van der Waals surface area contributed by atoms with Crippen molar-refractivity contribution in [2.45, 2.75) is 26.3 Å². The molecule has 0 bridgehead atoms. The number of benzene rings is 1. The second-order valence-corrected chi connectivity index (χ2v) is 5.44. The molecule has 0 aliphatic rings. The number of imide groups is 1. The first-order valence-electron chi connectivity index (χ1n) is 7.67. The van der Waals surface area contributed by atoms with Gasteiger partial charge in [0.2, 0.25) is 0 Å². The fourth-order valence-electron chi connectivity index (χ4n) is 2.10. The number of carbonyl (C=O) groups excluding carboxylic acids is 2. The van der Waals surface area contributed by atoms with Crippen LogP contribution in [0.1, 0.15) is 25.3 Å². The van der Waals surface area contributed by atoms with Crippen LogP contribution in [0.2, 0.25) is 0 Å². The maximum Gasteiger partial charge on any atom is 0.321 e. The standard InChI is InChI=1S/C16H24FN3O3/c1-4-5-8-18-16(22)19-15(21)11-20(2)10-12-6-7-14(23-3)13(17)9-12/h6-7,9H,4-5,8,10-11H2,1-3H3,(H2,18,19,21,22)/p+1. The molecule has 3 N–H and O–H groups in total. The Hall–Kier alpha value is -2.15. The molecule has 1 aromatic rings. The molecule has 3 amide bonds. The van der Waals surface area contributed by atoms with Gasteiger partial charge in [-0.05, 0) is 24.6 Å². The third kappa shape index (κ3) is 7.10. The van der Waals surface area contributed by atoms with Gasteiger partial charge in [0, 0.05) is 12.1 Å². The number of unbranched alkanes of at least 4 members (excludes halogenated alkanes) is 1. The molecule has 1 aromatic carbocycles. The van der Waals surface area contributed by atoms with Crippen molar-refractivity contribution in [3.05, 3.63) is 29.6 Å². The fraction of sp³-hybridized carbons (Fsp3) is 0.500. The summed E-state index contributed by atoms with van der Waals surface area (Å²) in [7, 11) is 3.21. The van der Waals surface area contributed by atoms with E-state index in [1.807, 2.05) is 6.92 Å². The number of quaternary nitrogens is 1. The summed E-state index contributed by atoms with van der Waals surface area (Å²) in [6, 6.07) is 4.21. The molecule has 128 valence electrons. The van der Waals surface area contributed by atoms with Gasteiger partial charge >= 0.3 is 6.03 Å². The molecular weight excluding hydrogens is 301 g/mol. The Morgan fingerprint density at radius 2 is 2.09 bits per heavy atom. The average molecular weight is 326 g/mol. The lowest BCUT2D eigenvalue weighted by Crippen LogP contribution is -3.09. The molecule has 1 atom stereocenters. The monoisotopic (exact) mass is 326 g/mol. The van der Waals surface area contributed by atoms with Crippen LogP contribution < -0.4 is 20.3 Å². The maximum absolute atomic E-state index is 13.6. The summed E-state index contributed by atoms with van der Waals surface area (Å²) in [5, 5.41) is 4.90. The summed E-state index contributed by atoms with van der Waals surface area (Å²) in [4.78, 5) is 24.1. The van der Waals surface area contributed by atoms with Gasteiger partial charge in [0.1, 0.15) is 6.54 Å². The second-order valence-electron chi connectivity index (χ2n) is 5.44. The van der Waals surface area contributed by atoms with E-state index < -0.39 is 11.8 Å². The SMILES string of the molecule is CCCCNC(=O)NC(=O)C[NH+](C)Cc1ccc(OC)c(F)c1. The van der Waals surface area contributed by atoms with Crippen molar-refractivity contribution in [2.24, 2.45) is 0 Å². The summed E-state index contributed by atoms with van der Waals surface area (Å²) >= 11 is 0. The molecule has 23 heavy (non-hydrogen) atoms. The summed E-state index contributed by atoms with van der Waals surface area (Å²) in [5.41, 5.74) is 0.751. The predicted octanol–water partition coefficient (Wildman–Crippen LogP) is 0.475. The largest absolute Gasteiger partial charge is 0.494 e. The third-order valence-electron chi connectivity index (χ3n) is 3.25. The number of hydrogen-bond acceptors (Lipinski definition) is 3. The molecule has 0 aliphatic heterocycles. The topological polar surface area (TPSA) is 71.9 Å². The zero-order valence-corrected chi connectivity index (χ0v) is 13.9. The maximum atomic E-state index is 13.6. The highest BCUT2D eigenvalue weighted by atomic mass is 19.1. The third-order valence-corrected chi connectivity index (χ3v) is 3.25. The Morgan fingerprint density at radius 1 is 1.35 bits per heavy atom. The molecule has 0 radical (unpaired) electrons. The first-order valence-corrected chi connectivity index (χ1v) is 7.67. The molecule has 7 heteroatoms. The van der Waals surface area contributed by atoms with E-state index in [2.05, 4.69) is 10.6 Å². The lowest BCUT2D eigenvalue weighted by Gasteiger charge is -2.14. The van der Waals surface area contributed by atoms with Crippen molar-refractivity contribution >= 4 is 11.9 Å². The van der Waals surface area contributed by atoms with Gasteiger partial charge in [-0.3, -0.25) is 10.1 Å². The van der Waals surface area contributed by atoms with Gasteiger partial charge in [0.05, 0.1) is 14.2 Å². The molecule has 1 rings (SSSR count). The smallest absolute Gasteiger partial charge is 0.321 e. The van der Waals surface area contributed by atoms with Crippen molar-refractivity contribution < 1.29 is 23.6 Å². The number of likely N-dealkylation sites (N-methyl/N-ethyl adjacent to an activating group) is 1. The number of halogens is 1. The average Bonchev–Trinajstić information content (AvgIpc) is 2.47. The van der Waals surface area contributed by atoms with Crippen LogP contribution in [0.3, 0.4) is 0 Å². The molecule has 0 heterocycles. The molecule has 0 fully saturated rings. The molecule has 0 saturated carbocycles. The Kier molecular flexibility index (Phi) is 8.04. The van der Waals surface area contributed by atoms with E-state index in [4.69, 9.17) is 4.74 Å². The van der Waals surface area contributed by atoms with Crippen LogP contribution in [0, 0.1) is 5.82 Å². The van der Waals surface area contributed by atoms with Gasteiger partial charge in [0.25, 0.3) is 5.91 Å². The number of methoxy groups -OCH3 is 1. The van der Waals surface area contributed by atoms with E-state index in [-0.39, 0.29) is 18.2 Å². The second kappa shape index (κ2) is 9.78. The van der Waals surface area contributed by atoms with E-state index in [1.165, 1.54) is 13.2 Å². The lowest BCUT2D eigenvalue weighted by atomic mass is 10.2. The minimum Gasteiger partial charge on any atom is -0.494 e. The van der Waals surface area contributed by atoms with Crippen LogP contribution in [0.4, 0.5) is 9.18 Å². The fourth-order valence-corrected chi connectivity index (χ4v) is 2.10. The number of urea groups is 1. The highest BCUT2D eigenvalue weighted by Gasteiger charge is 2.14. The van der Waals surface area contributed by atoms with E-state index >= 15 is 0 Å². The molecule has 0 saturated heterocycles. The molecule has 0 aromatic heterocycles. The van der Waals surface area contributed by atoms with Crippen molar-refractivity contribution in [3.8, 4) is 5.75 Å². The van der Waals surface area contributed by atoms with Crippen LogP contribution in [0.5, 0.6) is 5.75 Å². The summed E-state index contributed by atoms with van der Waals surface area (Å²) < 4.78 is 18.5. The van der Waals surface area contributed by atoms with Gasteiger partial charge in [-0.1, -0.05) is 13.3 Å². The van der Waals surface area contributed by atoms with Crippen molar-refractivity contribution in [2.75, 3.05) is 27.2 Å². The minimum absolute atomic E-state index is 0.120. The molecule has 0 aliphatic carbocycles. The van der Waals surface area contributed by atoms with Crippen LogP contribution in [-0.2, 0) is 11.3 Å². The van der Waals surface area contributed by atoms with Gasteiger partial charge in [-0.15, -0.1) is 0 Å². The highest BCUT2D eigenvalue weighted by molar-refractivity contribution is 5.94. The molecule has 0 spiro atoms. The minimum atomic E-state index is -0.480. The summed E-state index contributed by atoms with van der Waals surface area (Å²) in [6.07, 6.45) is 1.84. The van der Waals surface area contributed by atoms with Crippen LogP contribution in [-0.4, -0.2) is 39.2 Å². The number of ether oxygens (including phenoxy) is 1. The summed E-state index contributed by atoms with van der Waals surface area (Å²) in [6.45, 7) is 3.15. The van der Waals surface area contributed by atoms with Gasteiger partial charge in [-0.2, -0.15) is 0 Å². The quantitative estimate of drug-likeness (QED) is 0.608. The van der Waals surface area contributed by atoms with Gasteiger partial charge < -0.3 is 15.0 Å². The number of rotatable bonds is 8. The van der Waals surface area contributed by atoms with Crippen LogP contribution >= 0.6 is 0 Å². The van der Waals surface area contributed by atoms with Crippen LogP contribution in [0.15, 0.2) is 18.2 Å². The zero-order valence-electron chi connectivity index (χ0n) is 13.9. The molecule has 6 nitrogen and oxygen atoms in total. The van der Waals surface area contributed by atoms with E-state index in [9.17, 15) is 14.0 Å². The molecule has 1 unspecified atom stereocenters. The first kappa shape index (κ1) is 18.9. The number of nitrogens with one attached hydrogen (secondary N) is 3. The normalized spacial score (nSPS) is 11.7. The van der Waals surface area contributed by atoms with Gasteiger partial charge in [-0.25, -0.2) is 9.18 Å². The van der Waals surface area contributed by atoms with E-state index in [0.29, 0.717) is 13.1 Å². The van der Waals surface area contributed by atoms with E-state index in [1.54, 1.807) is 19.2 Å². The zero-order chi connectivity index (χ0) is 17.2. The van der Waals surface area contributed by atoms with Crippen molar-refractivity contribution in [1.82, 2.24) is 10.6 Å². The Morgan fingerprint density at radius 3 is 2.70 bits per heavy atom. The summed E-state index contributed by atoms with van der Waals surface area (Å²) in [5.74, 6) is -0.615. The predicted molar refractivity (Wildman–Crippen MR) is 84.9 cm³/mol. The Labute approximate surface area is 136 Å². The lowest BCUT2D eigenvalue weighted by molar-refractivity contribution is -0.885. The van der Waals surface area contributed by atoms with E-state index in [0.717, 1.165) is 23.3 Å². The van der Waals surface area contributed by atoms with Gasteiger partial charge in [0.15, 0.2) is 18.1 Å². The highest BCUT2D eigenvalue weighted by Crippen LogP contribution is 2.16. The molecular formula is C16H25FN3O3+. The Balaban J connectivity index is 2.40. The number of amides is 3. The van der Waals surface area contributed by atoms with Crippen LogP contribution in [0.25, 0.3) is 0 Å². The number of carbonyl (C=O) groups is 2.